The van der Waals surface area contributed by atoms with Crippen LogP contribution in [0.3, 0.4) is 0 Å². The van der Waals surface area contributed by atoms with Gasteiger partial charge in [0.05, 0.1) is 13.2 Å². The quantitative estimate of drug-likeness (QED) is 0.189. The molecule has 0 spiro atoms. The fourth-order valence-corrected chi connectivity index (χ4v) is 3.61. The van der Waals surface area contributed by atoms with E-state index in [4.69, 9.17) is 19.7 Å². The molecule has 216 valence electrons. The molecule has 0 aliphatic rings. The molecule has 0 fully saturated rings. The number of aliphatic carboxylic acids is 2. The molecular formula is C26H40O12. The normalized spacial score (nSPS) is 10.9. The number of rotatable bonds is 18. The molecular weight excluding hydrogens is 504 g/mol. The zero-order valence-corrected chi connectivity index (χ0v) is 23.0. The maximum absolute atomic E-state index is 12.1. The maximum Gasteiger partial charge on any atom is 0.319 e. The minimum Gasteiger partial charge on any atom is -0.481 e. The second-order valence-electron chi connectivity index (χ2n) is 8.91. The van der Waals surface area contributed by atoms with Crippen molar-refractivity contribution in [1.82, 2.24) is 0 Å². The molecule has 0 heterocycles. The molecule has 38 heavy (non-hydrogen) atoms. The first kappa shape index (κ1) is 36.7. The van der Waals surface area contributed by atoms with Crippen LogP contribution >= 0.6 is 0 Å². The minimum absolute atomic E-state index is 0.0357. The lowest BCUT2D eigenvalue weighted by Gasteiger charge is -2.28. The molecule has 0 amide bonds. The van der Waals surface area contributed by atoms with Gasteiger partial charge in [0.15, 0.2) is 0 Å². The standard InChI is InChI=1S/C14H22O5.C12H18O7/c1-5-19-13(18)14(12(4)17,8-6-10(2)15)9-7-11(3)16;1-3-19-11(18)12(8(2)13,6-4-9(14)15)7-5-10(16)17/h5-9H2,1-4H3;3-7H2,1-2H3,(H,14,15)(H,16,17). The van der Waals surface area contributed by atoms with Crippen LogP contribution in [-0.2, 0) is 47.8 Å². The second-order valence-corrected chi connectivity index (χ2v) is 8.91. The van der Waals surface area contributed by atoms with E-state index in [-0.39, 0.29) is 69.1 Å². The van der Waals surface area contributed by atoms with Gasteiger partial charge in [-0.15, -0.1) is 0 Å². The summed E-state index contributed by atoms with van der Waals surface area (Å²) in [6.07, 6.45) is -0.885. The summed E-state index contributed by atoms with van der Waals surface area (Å²) in [5.74, 6) is -4.94. The molecule has 0 aliphatic heterocycles. The SMILES string of the molecule is CCOC(=O)C(CCC(=O)O)(CCC(=O)O)C(C)=O.CCOC(=O)C(CCC(C)=O)(CCC(C)=O)C(C)=O. The molecule has 0 aromatic heterocycles. The lowest BCUT2D eigenvalue weighted by molar-refractivity contribution is -0.163. The highest BCUT2D eigenvalue weighted by molar-refractivity contribution is 6.04. The maximum atomic E-state index is 12.1. The molecule has 0 bridgehead atoms. The van der Waals surface area contributed by atoms with Gasteiger partial charge in [-0.1, -0.05) is 0 Å². The number of Topliss-reactive ketones (excluding diaryl/α,β-unsaturated/α-hetero) is 4. The molecule has 0 saturated carbocycles. The largest absolute Gasteiger partial charge is 0.481 e. The number of esters is 2. The van der Waals surface area contributed by atoms with Gasteiger partial charge in [-0.05, 0) is 67.2 Å². The van der Waals surface area contributed by atoms with E-state index in [2.05, 4.69) is 0 Å². The average molecular weight is 545 g/mol. The van der Waals surface area contributed by atoms with Gasteiger partial charge < -0.3 is 29.3 Å². The van der Waals surface area contributed by atoms with Gasteiger partial charge >= 0.3 is 23.9 Å². The van der Waals surface area contributed by atoms with Crippen molar-refractivity contribution in [3.8, 4) is 0 Å². The smallest absolute Gasteiger partial charge is 0.319 e. The Balaban J connectivity index is 0. The van der Waals surface area contributed by atoms with Crippen LogP contribution in [0.2, 0.25) is 0 Å². The van der Waals surface area contributed by atoms with Crippen molar-refractivity contribution in [2.24, 2.45) is 10.8 Å². The summed E-state index contributed by atoms with van der Waals surface area (Å²) in [5, 5.41) is 17.3. The van der Waals surface area contributed by atoms with E-state index in [1.165, 1.54) is 20.8 Å². The minimum atomic E-state index is -1.69. The number of carboxylic acids is 2. The van der Waals surface area contributed by atoms with E-state index >= 15 is 0 Å². The molecule has 0 aromatic rings. The van der Waals surface area contributed by atoms with Gasteiger partial charge in [-0.25, -0.2) is 0 Å². The second kappa shape index (κ2) is 17.9. The van der Waals surface area contributed by atoms with Gasteiger partial charge in [0.1, 0.15) is 34.0 Å². The third-order valence-electron chi connectivity index (χ3n) is 6.02. The van der Waals surface area contributed by atoms with E-state index < -0.39 is 53.3 Å². The fraction of sp³-hybridized carbons (Fsp3) is 0.692. The molecule has 0 unspecified atom stereocenters. The topological polar surface area (TPSA) is 195 Å². The van der Waals surface area contributed by atoms with E-state index in [0.29, 0.717) is 0 Å². The number of carbonyl (C=O) groups is 8. The van der Waals surface area contributed by atoms with Crippen LogP contribution in [0, 0.1) is 10.8 Å². The Kier molecular flexibility index (Phi) is 17.3. The highest BCUT2D eigenvalue weighted by atomic mass is 16.5. The summed E-state index contributed by atoms with van der Waals surface area (Å²) in [6.45, 7) is 8.65. The highest BCUT2D eigenvalue weighted by Crippen LogP contribution is 2.34. The Labute approximate surface area is 222 Å². The number of carbonyl (C=O) groups excluding carboxylic acids is 6. The lowest BCUT2D eigenvalue weighted by atomic mass is 9.75. The van der Waals surface area contributed by atoms with Crippen molar-refractivity contribution in [1.29, 1.82) is 0 Å². The van der Waals surface area contributed by atoms with Crippen LogP contribution in [0.5, 0.6) is 0 Å². The fourth-order valence-electron chi connectivity index (χ4n) is 3.61. The van der Waals surface area contributed by atoms with Crippen molar-refractivity contribution >= 4 is 47.0 Å². The first-order chi connectivity index (χ1) is 17.5. The van der Waals surface area contributed by atoms with Crippen LogP contribution < -0.4 is 0 Å². The van der Waals surface area contributed by atoms with Crippen LogP contribution in [0.4, 0.5) is 0 Å². The Morgan fingerprint density at radius 1 is 0.526 bits per heavy atom. The van der Waals surface area contributed by atoms with E-state index in [9.17, 15) is 38.4 Å². The van der Waals surface area contributed by atoms with Gasteiger partial charge in [0, 0.05) is 25.7 Å². The highest BCUT2D eigenvalue weighted by Gasteiger charge is 2.45. The van der Waals surface area contributed by atoms with Crippen molar-refractivity contribution in [2.45, 2.75) is 92.9 Å². The molecule has 0 aliphatic carbocycles. The third kappa shape index (κ3) is 12.7. The lowest BCUT2D eigenvalue weighted by Crippen LogP contribution is -2.40. The number of hydrogen-bond acceptors (Lipinski definition) is 10. The van der Waals surface area contributed by atoms with Crippen molar-refractivity contribution in [3.63, 3.8) is 0 Å². The predicted octanol–water partition coefficient (Wildman–Crippen LogP) is 2.72. The number of ketones is 4. The molecule has 12 heteroatoms. The molecule has 0 atom stereocenters. The molecule has 0 aromatic carbocycles. The molecule has 0 saturated heterocycles. The monoisotopic (exact) mass is 544 g/mol. The van der Waals surface area contributed by atoms with Crippen molar-refractivity contribution < 1.29 is 58.0 Å². The third-order valence-corrected chi connectivity index (χ3v) is 6.02. The van der Waals surface area contributed by atoms with Gasteiger partial charge in [-0.2, -0.15) is 0 Å². The zero-order chi connectivity index (χ0) is 30.1. The van der Waals surface area contributed by atoms with E-state index in [1.807, 2.05) is 0 Å². The van der Waals surface area contributed by atoms with E-state index in [0.717, 1.165) is 6.92 Å². The summed E-state index contributed by atoms with van der Waals surface area (Å²) >= 11 is 0. The zero-order valence-electron chi connectivity index (χ0n) is 23.0. The Bertz CT molecular complexity index is 779. The Morgan fingerprint density at radius 3 is 0.974 bits per heavy atom. The van der Waals surface area contributed by atoms with Gasteiger partial charge in [-0.3, -0.25) is 28.8 Å². The Hall–Kier alpha value is -3.44. The Morgan fingerprint density at radius 2 is 0.789 bits per heavy atom. The summed E-state index contributed by atoms with van der Waals surface area (Å²) in [6, 6.07) is 0. The van der Waals surface area contributed by atoms with Crippen LogP contribution in [0.25, 0.3) is 0 Å². The molecule has 0 radical (unpaired) electrons. The van der Waals surface area contributed by atoms with Crippen LogP contribution in [0.1, 0.15) is 92.9 Å². The summed E-state index contributed by atoms with van der Waals surface area (Å²) in [4.78, 5) is 91.0. The van der Waals surface area contributed by atoms with Crippen LogP contribution in [-0.4, -0.2) is 70.4 Å². The molecule has 2 N–H and O–H groups in total. The summed E-state index contributed by atoms with van der Waals surface area (Å²) in [7, 11) is 0. The first-order valence-electron chi connectivity index (χ1n) is 12.3. The van der Waals surface area contributed by atoms with Crippen molar-refractivity contribution in [3.05, 3.63) is 0 Å². The van der Waals surface area contributed by atoms with Gasteiger partial charge in [0.25, 0.3) is 0 Å². The average Bonchev–Trinajstić information content (AvgIpc) is 2.79. The number of carboxylic acid groups (broad SMARTS) is 2. The number of hydrogen-bond donors (Lipinski definition) is 2. The first-order valence-corrected chi connectivity index (χ1v) is 12.3. The van der Waals surface area contributed by atoms with E-state index in [1.54, 1.807) is 13.8 Å². The summed E-state index contributed by atoms with van der Waals surface area (Å²) in [5.41, 5.74) is -3.06. The molecule has 12 nitrogen and oxygen atoms in total. The number of ether oxygens (including phenoxy) is 2. The van der Waals surface area contributed by atoms with Crippen LogP contribution in [0.15, 0.2) is 0 Å². The molecule has 0 rings (SSSR count). The van der Waals surface area contributed by atoms with Crippen molar-refractivity contribution in [2.75, 3.05) is 13.2 Å². The van der Waals surface area contributed by atoms with Gasteiger partial charge in [0.2, 0.25) is 0 Å². The predicted molar refractivity (Wildman–Crippen MR) is 133 cm³/mol. The summed E-state index contributed by atoms with van der Waals surface area (Å²) < 4.78 is 9.74.